The molecule has 2 saturated carbocycles. The van der Waals surface area contributed by atoms with Gasteiger partial charge >= 0.3 is 0 Å². The van der Waals surface area contributed by atoms with Crippen LogP contribution in [0.1, 0.15) is 58.8 Å². The second-order valence-corrected chi connectivity index (χ2v) is 7.18. The Hall–Kier alpha value is -0.0800. The fraction of sp³-hybridized carbons (Fsp3) is 1.00. The Balaban J connectivity index is 1.45. The largest absolute Gasteiger partial charge is 0.375 e. The third kappa shape index (κ3) is 2.60. The Morgan fingerprint density at radius 3 is 2.78 bits per heavy atom. The summed E-state index contributed by atoms with van der Waals surface area (Å²) >= 11 is 0. The molecular weight excluding hydrogens is 222 g/mol. The molecule has 0 aromatic heterocycles. The van der Waals surface area contributed by atoms with Gasteiger partial charge in [0, 0.05) is 12.6 Å². The topological polar surface area (TPSA) is 21.3 Å². The predicted molar refractivity (Wildman–Crippen MR) is 74.6 cm³/mol. The summed E-state index contributed by atoms with van der Waals surface area (Å²) in [5.41, 5.74) is 0.130. The van der Waals surface area contributed by atoms with Crippen molar-refractivity contribution in [1.82, 2.24) is 5.32 Å². The van der Waals surface area contributed by atoms with Crippen molar-refractivity contribution in [3.8, 4) is 0 Å². The summed E-state index contributed by atoms with van der Waals surface area (Å²) in [5, 5.41) is 3.86. The zero-order valence-corrected chi connectivity index (χ0v) is 12.1. The van der Waals surface area contributed by atoms with Crippen molar-refractivity contribution in [2.24, 2.45) is 17.8 Å². The third-order valence-corrected chi connectivity index (χ3v) is 5.90. The van der Waals surface area contributed by atoms with Crippen molar-refractivity contribution in [3.05, 3.63) is 0 Å². The van der Waals surface area contributed by atoms with Crippen LogP contribution in [0.25, 0.3) is 0 Å². The molecular formula is C16H29NO. The van der Waals surface area contributed by atoms with Crippen molar-refractivity contribution in [2.45, 2.75) is 70.4 Å². The van der Waals surface area contributed by atoms with Crippen LogP contribution in [0.2, 0.25) is 0 Å². The maximum Gasteiger partial charge on any atom is 0.0666 e. The van der Waals surface area contributed by atoms with E-state index in [1.807, 2.05) is 0 Å². The van der Waals surface area contributed by atoms with Gasteiger partial charge in [-0.1, -0.05) is 13.3 Å². The quantitative estimate of drug-likeness (QED) is 0.827. The molecule has 1 aliphatic heterocycles. The highest BCUT2D eigenvalue weighted by Crippen LogP contribution is 2.48. The van der Waals surface area contributed by atoms with Crippen molar-refractivity contribution in [3.63, 3.8) is 0 Å². The van der Waals surface area contributed by atoms with E-state index in [9.17, 15) is 0 Å². The van der Waals surface area contributed by atoms with Crippen molar-refractivity contribution in [2.75, 3.05) is 13.2 Å². The molecule has 1 saturated heterocycles. The minimum atomic E-state index is 0.130. The maximum absolute atomic E-state index is 5.93. The normalized spacial score (nSPS) is 47.7. The maximum atomic E-state index is 5.93. The minimum absolute atomic E-state index is 0.130. The van der Waals surface area contributed by atoms with E-state index in [0.29, 0.717) is 6.04 Å². The summed E-state index contributed by atoms with van der Waals surface area (Å²) in [6, 6.07) is 0.697. The third-order valence-electron chi connectivity index (χ3n) is 5.90. The Morgan fingerprint density at radius 2 is 2.11 bits per heavy atom. The molecule has 3 fully saturated rings. The predicted octanol–water partition coefficient (Wildman–Crippen LogP) is 3.36. The van der Waals surface area contributed by atoms with Crippen LogP contribution in [-0.2, 0) is 4.74 Å². The Labute approximate surface area is 112 Å². The minimum Gasteiger partial charge on any atom is -0.375 e. The standard InChI is InChI=1S/C16H29NO/c1-3-16(2)10-15(6-7-18-16)17-11-14-9-12-4-5-13(14)8-12/h12-15,17H,3-11H2,1-2H3. The van der Waals surface area contributed by atoms with E-state index in [-0.39, 0.29) is 5.60 Å². The second kappa shape index (κ2) is 5.13. The molecule has 0 aromatic carbocycles. The highest BCUT2D eigenvalue weighted by Gasteiger charge is 2.39. The molecule has 104 valence electrons. The molecule has 0 radical (unpaired) electrons. The van der Waals surface area contributed by atoms with Gasteiger partial charge in [-0.25, -0.2) is 0 Å². The molecule has 1 heterocycles. The molecule has 18 heavy (non-hydrogen) atoms. The molecule has 1 N–H and O–H groups in total. The van der Waals surface area contributed by atoms with Gasteiger partial charge in [-0.15, -0.1) is 0 Å². The van der Waals surface area contributed by atoms with Crippen LogP contribution in [0.5, 0.6) is 0 Å². The molecule has 0 amide bonds. The second-order valence-electron chi connectivity index (χ2n) is 7.18. The molecule has 3 aliphatic rings. The summed E-state index contributed by atoms with van der Waals surface area (Å²) in [4.78, 5) is 0. The van der Waals surface area contributed by atoms with Crippen LogP contribution in [0.3, 0.4) is 0 Å². The first-order valence-corrected chi connectivity index (χ1v) is 8.06. The summed E-state index contributed by atoms with van der Waals surface area (Å²) in [7, 11) is 0. The SMILES string of the molecule is CCC1(C)CC(NCC2CC3CCC2C3)CCO1. The molecule has 2 aliphatic carbocycles. The van der Waals surface area contributed by atoms with E-state index in [1.54, 1.807) is 0 Å². The lowest BCUT2D eigenvalue weighted by Crippen LogP contribution is -2.46. The highest BCUT2D eigenvalue weighted by molar-refractivity contribution is 4.92. The van der Waals surface area contributed by atoms with Gasteiger partial charge in [-0.05, 0) is 69.7 Å². The monoisotopic (exact) mass is 251 g/mol. The fourth-order valence-corrected chi connectivity index (χ4v) is 4.49. The molecule has 5 unspecified atom stereocenters. The van der Waals surface area contributed by atoms with Gasteiger partial charge < -0.3 is 10.1 Å². The summed E-state index contributed by atoms with van der Waals surface area (Å²) in [5.74, 6) is 3.12. The van der Waals surface area contributed by atoms with Crippen LogP contribution in [0.15, 0.2) is 0 Å². The lowest BCUT2D eigenvalue weighted by Gasteiger charge is -2.39. The molecule has 2 heteroatoms. The summed E-state index contributed by atoms with van der Waals surface area (Å²) in [6.45, 7) is 6.74. The Bertz CT molecular complexity index is 293. The van der Waals surface area contributed by atoms with E-state index in [4.69, 9.17) is 4.74 Å². The summed E-state index contributed by atoms with van der Waals surface area (Å²) in [6.07, 6.45) is 9.61. The van der Waals surface area contributed by atoms with Crippen LogP contribution in [-0.4, -0.2) is 24.8 Å². The van der Waals surface area contributed by atoms with Crippen LogP contribution in [0.4, 0.5) is 0 Å². The van der Waals surface area contributed by atoms with Gasteiger partial charge in [0.25, 0.3) is 0 Å². The van der Waals surface area contributed by atoms with Gasteiger partial charge in [0.05, 0.1) is 5.60 Å². The molecule has 2 nitrogen and oxygen atoms in total. The van der Waals surface area contributed by atoms with Gasteiger partial charge in [-0.2, -0.15) is 0 Å². The molecule has 0 spiro atoms. The summed E-state index contributed by atoms with van der Waals surface area (Å²) < 4.78 is 5.93. The van der Waals surface area contributed by atoms with Gasteiger partial charge in [-0.3, -0.25) is 0 Å². The number of rotatable bonds is 4. The lowest BCUT2D eigenvalue weighted by atomic mass is 9.87. The van der Waals surface area contributed by atoms with E-state index < -0.39 is 0 Å². The van der Waals surface area contributed by atoms with Gasteiger partial charge in [0.2, 0.25) is 0 Å². The number of hydrogen-bond donors (Lipinski definition) is 1. The van der Waals surface area contributed by atoms with Gasteiger partial charge in [0.15, 0.2) is 0 Å². The Kier molecular flexibility index (Phi) is 3.68. The smallest absolute Gasteiger partial charge is 0.0666 e. The number of hydrogen-bond acceptors (Lipinski definition) is 2. The van der Waals surface area contributed by atoms with E-state index in [0.717, 1.165) is 30.8 Å². The first kappa shape index (κ1) is 12.9. The zero-order valence-electron chi connectivity index (χ0n) is 12.1. The average Bonchev–Trinajstić information content (AvgIpc) is 2.99. The van der Waals surface area contributed by atoms with E-state index >= 15 is 0 Å². The molecule has 5 atom stereocenters. The zero-order chi connectivity index (χ0) is 12.6. The number of nitrogens with one attached hydrogen (secondary N) is 1. The number of ether oxygens (including phenoxy) is 1. The van der Waals surface area contributed by atoms with Crippen LogP contribution >= 0.6 is 0 Å². The number of fused-ring (bicyclic) bond motifs is 2. The first-order chi connectivity index (χ1) is 8.68. The Morgan fingerprint density at radius 1 is 1.22 bits per heavy atom. The van der Waals surface area contributed by atoms with Crippen molar-refractivity contribution >= 4 is 0 Å². The highest BCUT2D eigenvalue weighted by atomic mass is 16.5. The molecule has 0 aromatic rings. The van der Waals surface area contributed by atoms with Crippen LogP contribution in [0, 0.1) is 17.8 Å². The van der Waals surface area contributed by atoms with Crippen molar-refractivity contribution < 1.29 is 4.74 Å². The fourth-order valence-electron chi connectivity index (χ4n) is 4.49. The van der Waals surface area contributed by atoms with Gasteiger partial charge in [0.1, 0.15) is 0 Å². The van der Waals surface area contributed by atoms with Crippen molar-refractivity contribution in [1.29, 1.82) is 0 Å². The van der Waals surface area contributed by atoms with E-state index in [1.165, 1.54) is 45.1 Å². The van der Waals surface area contributed by atoms with E-state index in [2.05, 4.69) is 19.2 Å². The molecule has 3 rings (SSSR count). The first-order valence-electron chi connectivity index (χ1n) is 8.06. The average molecular weight is 251 g/mol. The molecule has 2 bridgehead atoms. The lowest BCUT2D eigenvalue weighted by molar-refractivity contribution is -0.0783. The van der Waals surface area contributed by atoms with Crippen LogP contribution < -0.4 is 5.32 Å².